The van der Waals surface area contributed by atoms with Gasteiger partial charge in [0.25, 0.3) is 0 Å². The Balaban J connectivity index is 2.09. The van der Waals surface area contributed by atoms with Gasteiger partial charge >= 0.3 is 0 Å². The van der Waals surface area contributed by atoms with Crippen LogP contribution in [0.1, 0.15) is 11.4 Å². The summed E-state index contributed by atoms with van der Waals surface area (Å²) in [5.74, 6) is 0.834. The van der Waals surface area contributed by atoms with Crippen molar-refractivity contribution < 1.29 is 0 Å². The van der Waals surface area contributed by atoms with E-state index in [-0.39, 0.29) is 0 Å². The van der Waals surface area contributed by atoms with E-state index in [2.05, 4.69) is 20.4 Å². The van der Waals surface area contributed by atoms with Gasteiger partial charge in [-0.15, -0.1) is 11.3 Å². The number of anilines is 2. The molecule has 0 aromatic carbocycles. The average Bonchev–Trinajstić information content (AvgIpc) is 2.91. The van der Waals surface area contributed by atoms with Crippen LogP contribution in [0.4, 0.5) is 11.5 Å². The highest BCUT2D eigenvalue weighted by molar-refractivity contribution is 7.16. The second kappa shape index (κ2) is 4.06. The Kier molecular flexibility index (Phi) is 2.52. The molecule has 0 saturated heterocycles. The summed E-state index contributed by atoms with van der Waals surface area (Å²) in [4.78, 5) is 9.55. The molecule has 5 nitrogen and oxygen atoms in total. The van der Waals surface area contributed by atoms with Gasteiger partial charge in [-0.05, 0) is 25.3 Å². The second-order valence-electron chi connectivity index (χ2n) is 4.16. The van der Waals surface area contributed by atoms with Gasteiger partial charge in [-0.2, -0.15) is 5.10 Å². The van der Waals surface area contributed by atoms with Crippen molar-refractivity contribution in [2.75, 3.05) is 5.32 Å². The zero-order valence-corrected chi connectivity index (χ0v) is 11.2. The van der Waals surface area contributed by atoms with Crippen LogP contribution in [0.2, 0.25) is 0 Å². The van der Waals surface area contributed by atoms with Crippen molar-refractivity contribution in [3.63, 3.8) is 0 Å². The molecule has 1 N–H and O–H groups in total. The number of thiophene rings is 1. The van der Waals surface area contributed by atoms with Gasteiger partial charge in [-0.1, -0.05) is 0 Å². The van der Waals surface area contributed by atoms with Crippen molar-refractivity contribution in [1.29, 1.82) is 0 Å². The smallest absolute Gasteiger partial charge is 0.142 e. The Bertz CT molecular complexity index is 712. The van der Waals surface area contributed by atoms with Crippen molar-refractivity contribution in [2.45, 2.75) is 13.8 Å². The fourth-order valence-electron chi connectivity index (χ4n) is 1.96. The summed E-state index contributed by atoms with van der Waals surface area (Å²) in [6.45, 7) is 4.02. The number of aryl methyl sites for hydroxylation is 2. The maximum absolute atomic E-state index is 4.39. The summed E-state index contributed by atoms with van der Waals surface area (Å²) in [5, 5.41) is 10.8. The lowest BCUT2D eigenvalue weighted by molar-refractivity contribution is 0.731. The standard InChI is InChI=1S/C12H13N5S/c1-7-10(8(2)17(3)16-7)15-11-9-4-5-18-12(9)14-6-13-11/h4-6H,1-3H3,(H,13,14,15). The highest BCUT2D eigenvalue weighted by Gasteiger charge is 2.12. The number of nitrogens with one attached hydrogen (secondary N) is 1. The molecule has 6 heteroatoms. The largest absolute Gasteiger partial charge is 0.337 e. The number of fused-ring (bicyclic) bond motifs is 1. The SMILES string of the molecule is Cc1nn(C)c(C)c1Nc1ncnc2sccc12. The maximum Gasteiger partial charge on any atom is 0.142 e. The molecule has 0 fully saturated rings. The second-order valence-corrected chi connectivity index (χ2v) is 5.05. The van der Waals surface area contributed by atoms with Gasteiger partial charge in [0.05, 0.1) is 22.5 Å². The van der Waals surface area contributed by atoms with Crippen LogP contribution in [0.15, 0.2) is 17.8 Å². The molecule has 0 saturated carbocycles. The normalized spacial score (nSPS) is 11.1. The van der Waals surface area contributed by atoms with Crippen molar-refractivity contribution in [1.82, 2.24) is 19.7 Å². The highest BCUT2D eigenvalue weighted by Crippen LogP contribution is 2.28. The highest BCUT2D eigenvalue weighted by atomic mass is 32.1. The molecule has 0 spiro atoms. The van der Waals surface area contributed by atoms with Gasteiger partial charge in [-0.3, -0.25) is 4.68 Å². The van der Waals surface area contributed by atoms with Crippen molar-refractivity contribution >= 4 is 33.1 Å². The topological polar surface area (TPSA) is 55.6 Å². The number of hydrogen-bond donors (Lipinski definition) is 1. The summed E-state index contributed by atoms with van der Waals surface area (Å²) >= 11 is 1.61. The molecule has 0 aliphatic rings. The molecule has 3 aromatic rings. The summed E-state index contributed by atoms with van der Waals surface area (Å²) in [7, 11) is 1.94. The van der Waals surface area contributed by atoms with Crippen LogP contribution in [0, 0.1) is 13.8 Å². The van der Waals surface area contributed by atoms with Crippen LogP contribution in [0.3, 0.4) is 0 Å². The van der Waals surface area contributed by atoms with E-state index in [9.17, 15) is 0 Å². The number of aromatic nitrogens is 4. The molecule has 3 heterocycles. The number of rotatable bonds is 2. The van der Waals surface area contributed by atoms with E-state index in [0.717, 1.165) is 33.1 Å². The minimum atomic E-state index is 0.834. The summed E-state index contributed by atoms with van der Waals surface area (Å²) in [6.07, 6.45) is 1.59. The lowest BCUT2D eigenvalue weighted by Crippen LogP contribution is -1.98. The maximum atomic E-state index is 4.39. The summed E-state index contributed by atoms with van der Waals surface area (Å²) in [6, 6.07) is 2.03. The fraction of sp³-hybridized carbons (Fsp3) is 0.250. The molecule has 3 aromatic heterocycles. The average molecular weight is 259 g/mol. The van der Waals surface area contributed by atoms with E-state index < -0.39 is 0 Å². The van der Waals surface area contributed by atoms with Crippen LogP contribution in [0.5, 0.6) is 0 Å². The summed E-state index contributed by atoms with van der Waals surface area (Å²) < 4.78 is 1.86. The van der Waals surface area contributed by atoms with Crippen LogP contribution in [0.25, 0.3) is 10.2 Å². The van der Waals surface area contributed by atoms with E-state index in [4.69, 9.17) is 0 Å². The lowest BCUT2D eigenvalue weighted by atomic mass is 10.3. The van der Waals surface area contributed by atoms with E-state index in [1.807, 2.05) is 37.0 Å². The minimum Gasteiger partial charge on any atom is -0.337 e. The van der Waals surface area contributed by atoms with Crippen molar-refractivity contribution in [3.8, 4) is 0 Å². The Morgan fingerprint density at radius 1 is 1.28 bits per heavy atom. The van der Waals surface area contributed by atoms with E-state index >= 15 is 0 Å². The quantitative estimate of drug-likeness (QED) is 0.769. The molecule has 92 valence electrons. The zero-order chi connectivity index (χ0) is 12.7. The molecule has 0 atom stereocenters. The lowest BCUT2D eigenvalue weighted by Gasteiger charge is -2.06. The zero-order valence-electron chi connectivity index (χ0n) is 10.4. The van der Waals surface area contributed by atoms with Crippen molar-refractivity contribution in [3.05, 3.63) is 29.2 Å². The summed E-state index contributed by atoms with van der Waals surface area (Å²) in [5.41, 5.74) is 3.08. The first-order chi connectivity index (χ1) is 8.66. The molecule has 18 heavy (non-hydrogen) atoms. The monoisotopic (exact) mass is 259 g/mol. The number of hydrogen-bond acceptors (Lipinski definition) is 5. The van der Waals surface area contributed by atoms with E-state index in [1.165, 1.54) is 0 Å². The predicted molar refractivity (Wildman–Crippen MR) is 73.4 cm³/mol. The fourth-order valence-corrected chi connectivity index (χ4v) is 2.70. The van der Waals surface area contributed by atoms with Gasteiger partial charge in [0, 0.05) is 7.05 Å². The van der Waals surface area contributed by atoms with E-state index in [1.54, 1.807) is 17.7 Å². The Hall–Kier alpha value is -1.95. The molecule has 0 aliphatic carbocycles. The first-order valence-electron chi connectivity index (χ1n) is 5.62. The van der Waals surface area contributed by atoms with Crippen LogP contribution >= 0.6 is 11.3 Å². The third-order valence-corrected chi connectivity index (χ3v) is 3.83. The van der Waals surface area contributed by atoms with Crippen LogP contribution in [-0.4, -0.2) is 19.7 Å². The molecule has 0 amide bonds. The van der Waals surface area contributed by atoms with Gasteiger partial charge in [0.15, 0.2) is 0 Å². The molecule has 0 radical (unpaired) electrons. The number of nitrogens with zero attached hydrogens (tertiary/aromatic N) is 4. The minimum absolute atomic E-state index is 0.834. The molecular formula is C12H13N5S. The Morgan fingerprint density at radius 3 is 2.83 bits per heavy atom. The molecule has 0 unspecified atom stereocenters. The van der Waals surface area contributed by atoms with Crippen molar-refractivity contribution in [2.24, 2.45) is 7.05 Å². The first kappa shape index (κ1) is 11.2. The van der Waals surface area contributed by atoms with E-state index in [0.29, 0.717) is 0 Å². The third-order valence-electron chi connectivity index (χ3n) is 3.01. The van der Waals surface area contributed by atoms with Gasteiger partial charge in [-0.25, -0.2) is 9.97 Å². The van der Waals surface area contributed by atoms with Gasteiger partial charge in [0.1, 0.15) is 17.0 Å². The molecule has 0 aliphatic heterocycles. The third kappa shape index (κ3) is 1.65. The Morgan fingerprint density at radius 2 is 2.11 bits per heavy atom. The molecule has 0 bridgehead atoms. The first-order valence-corrected chi connectivity index (χ1v) is 6.50. The van der Waals surface area contributed by atoms with Crippen LogP contribution < -0.4 is 5.32 Å². The van der Waals surface area contributed by atoms with Gasteiger partial charge < -0.3 is 5.32 Å². The predicted octanol–water partition coefficient (Wildman–Crippen LogP) is 2.79. The molecule has 3 rings (SSSR count). The van der Waals surface area contributed by atoms with Crippen LogP contribution in [-0.2, 0) is 7.05 Å². The molecular weight excluding hydrogens is 246 g/mol. The van der Waals surface area contributed by atoms with Gasteiger partial charge in [0.2, 0.25) is 0 Å². The Labute approximate surface area is 109 Å².